The molecule has 0 unspecified atom stereocenters. The third kappa shape index (κ3) is 5.10. The van der Waals surface area contributed by atoms with Gasteiger partial charge in [0.1, 0.15) is 11.3 Å². The first kappa shape index (κ1) is 22.6. The molecule has 0 N–H and O–H groups in total. The Morgan fingerprint density at radius 1 is 1.15 bits per heavy atom. The molecule has 3 aromatic rings. The fourth-order valence-corrected chi connectivity index (χ4v) is 3.85. The number of amides is 1. The molecule has 0 atom stereocenters. The maximum Gasteiger partial charge on any atom is 0.282 e. The largest absolute Gasteiger partial charge is 0.494 e. The number of benzene rings is 2. The fourth-order valence-electron chi connectivity index (χ4n) is 3.67. The number of tetrazole rings is 1. The SMILES string of the molecule is CCOc1ccc(-n2nnnc2CN2CCN(C(=O)c3cc(Cl)ccc3[N+](=O)[O-])CC2)cc1. The predicted octanol–water partition coefficient (Wildman–Crippen LogP) is 2.58. The smallest absolute Gasteiger partial charge is 0.282 e. The maximum atomic E-state index is 12.9. The van der Waals surface area contributed by atoms with E-state index in [1.807, 2.05) is 31.2 Å². The van der Waals surface area contributed by atoms with Gasteiger partial charge in [-0.25, -0.2) is 0 Å². The number of carbonyl (C=O) groups excluding carboxylic acids is 1. The van der Waals surface area contributed by atoms with Crippen molar-refractivity contribution < 1.29 is 14.5 Å². The van der Waals surface area contributed by atoms with E-state index in [4.69, 9.17) is 16.3 Å². The number of nitro groups is 1. The molecule has 0 aliphatic carbocycles. The second-order valence-electron chi connectivity index (χ2n) is 7.42. The van der Waals surface area contributed by atoms with Crippen molar-refractivity contribution in [3.8, 4) is 11.4 Å². The van der Waals surface area contributed by atoms with Gasteiger partial charge in [-0.05, 0) is 53.7 Å². The van der Waals surface area contributed by atoms with E-state index in [-0.39, 0.29) is 16.3 Å². The van der Waals surface area contributed by atoms with Crippen molar-refractivity contribution in [2.75, 3.05) is 32.8 Å². The van der Waals surface area contributed by atoms with Crippen molar-refractivity contribution in [1.29, 1.82) is 0 Å². The van der Waals surface area contributed by atoms with E-state index in [9.17, 15) is 14.9 Å². The molecule has 12 heteroatoms. The summed E-state index contributed by atoms with van der Waals surface area (Å²) in [5.41, 5.74) is 0.572. The lowest BCUT2D eigenvalue weighted by molar-refractivity contribution is -0.385. The number of carbonyl (C=O) groups is 1. The van der Waals surface area contributed by atoms with Gasteiger partial charge in [0.25, 0.3) is 11.6 Å². The number of hydrogen-bond donors (Lipinski definition) is 0. The Bertz CT molecular complexity index is 1140. The van der Waals surface area contributed by atoms with Gasteiger partial charge in [0, 0.05) is 37.3 Å². The molecule has 2 heterocycles. The summed E-state index contributed by atoms with van der Waals surface area (Å²) in [6, 6.07) is 11.5. The number of halogens is 1. The first-order valence-electron chi connectivity index (χ1n) is 10.4. The third-order valence-electron chi connectivity index (χ3n) is 5.34. The molecule has 33 heavy (non-hydrogen) atoms. The highest BCUT2D eigenvalue weighted by Gasteiger charge is 2.28. The number of rotatable bonds is 7. The van der Waals surface area contributed by atoms with Gasteiger partial charge in [-0.15, -0.1) is 5.10 Å². The average Bonchev–Trinajstić information content (AvgIpc) is 3.27. The Morgan fingerprint density at radius 2 is 1.88 bits per heavy atom. The first-order valence-corrected chi connectivity index (χ1v) is 10.8. The highest BCUT2D eigenvalue weighted by atomic mass is 35.5. The molecule has 0 radical (unpaired) electrons. The van der Waals surface area contributed by atoms with Gasteiger partial charge in [0.15, 0.2) is 5.82 Å². The van der Waals surface area contributed by atoms with Crippen LogP contribution in [-0.2, 0) is 6.54 Å². The van der Waals surface area contributed by atoms with Crippen LogP contribution in [0.2, 0.25) is 5.02 Å². The normalized spacial score (nSPS) is 14.3. The molecule has 1 aliphatic rings. The second kappa shape index (κ2) is 9.92. The number of nitro benzene ring substituents is 1. The average molecular weight is 472 g/mol. The second-order valence-corrected chi connectivity index (χ2v) is 7.86. The molecule has 172 valence electrons. The van der Waals surface area contributed by atoms with E-state index in [1.165, 1.54) is 18.2 Å². The van der Waals surface area contributed by atoms with Gasteiger partial charge < -0.3 is 9.64 Å². The molecule has 0 bridgehead atoms. The maximum absolute atomic E-state index is 12.9. The fraction of sp³-hybridized carbons (Fsp3) is 0.333. The Labute approximate surface area is 194 Å². The number of piperazine rings is 1. The quantitative estimate of drug-likeness (QED) is 0.381. The van der Waals surface area contributed by atoms with Crippen LogP contribution in [-0.4, -0.2) is 73.6 Å². The van der Waals surface area contributed by atoms with Crippen molar-refractivity contribution in [1.82, 2.24) is 30.0 Å². The minimum Gasteiger partial charge on any atom is -0.494 e. The van der Waals surface area contributed by atoms with E-state index in [1.54, 1.807) is 9.58 Å². The zero-order valence-electron chi connectivity index (χ0n) is 17.9. The monoisotopic (exact) mass is 471 g/mol. The molecule has 11 nitrogen and oxygen atoms in total. The van der Waals surface area contributed by atoms with Crippen LogP contribution in [0.5, 0.6) is 5.75 Å². The van der Waals surface area contributed by atoms with Crippen LogP contribution in [0.3, 0.4) is 0 Å². The lowest BCUT2D eigenvalue weighted by Gasteiger charge is -2.34. The zero-order valence-corrected chi connectivity index (χ0v) is 18.7. The Kier molecular flexibility index (Phi) is 6.80. The lowest BCUT2D eigenvalue weighted by Crippen LogP contribution is -2.48. The highest BCUT2D eigenvalue weighted by molar-refractivity contribution is 6.31. The van der Waals surface area contributed by atoms with Crippen molar-refractivity contribution >= 4 is 23.2 Å². The van der Waals surface area contributed by atoms with Crippen LogP contribution in [0, 0.1) is 10.1 Å². The van der Waals surface area contributed by atoms with Crippen molar-refractivity contribution in [3.63, 3.8) is 0 Å². The number of nitrogens with zero attached hydrogens (tertiary/aromatic N) is 7. The minimum atomic E-state index is -0.569. The van der Waals surface area contributed by atoms with Crippen LogP contribution in [0.4, 0.5) is 5.69 Å². The first-order chi connectivity index (χ1) is 16.0. The van der Waals surface area contributed by atoms with Crippen LogP contribution in [0.15, 0.2) is 42.5 Å². The van der Waals surface area contributed by atoms with Crippen molar-refractivity contribution in [2.45, 2.75) is 13.5 Å². The van der Waals surface area contributed by atoms with Gasteiger partial charge in [0.2, 0.25) is 0 Å². The van der Waals surface area contributed by atoms with E-state index in [2.05, 4.69) is 20.4 Å². The topological polar surface area (TPSA) is 120 Å². The van der Waals surface area contributed by atoms with Crippen LogP contribution in [0.1, 0.15) is 23.1 Å². The summed E-state index contributed by atoms with van der Waals surface area (Å²) >= 11 is 5.97. The highest BCUT2D eigenvalue weighted by Crippen LogP contribution is 2.25. The zero-order chi connectivity index (χ0) is 23.4. The summed E-state index contributed by atoms with van der Waals surface area (Å²) in [6.45, 7) is 5.03. The van der Waals surface area contributed by atoms with E-state index >= 15 is 0 Å². The summed E-state index contributed by atoms with van der Waals surface area (Å²) in [5, 5.41) is 23.6. The van der Waals surface area contributed by atoms with Gasteiger partial charge >= 0.3 is 0 Å². The standard InChI is InChI=1S/C21H22ClN7O4/c1-2-33-17-6-4-16(5-7-17)28-20(23-24-25-28)14-26-9-11-27(12-10-26)21(30)18-13-15(22)3-8-19(18)29(31)32/h3-8,13H,2,9-12,14H2,1H3. The molecular weight excluding hydrogens is 450 g/mol. The summed E-state index contributed by atoms with van der Waals surface area (Å²) in [7, 11) is 0. The predicted molar refractivity (Wildman–Crippen MR) is 120 cm³/mol. The van der Waals surface area contributed by atoms with Crippen molar-refractivity contribution in [2.24, 2.45) is 0 Å². The Morgan fingerprint density at radius 3 is 2.55 bits per heavy atom. The van der Waals surface area contributed by atoms with Crippen LogP contribution in [0.25, 0.3) is 5.69 Å². The van der Waals surface area contributed by atoms with Gasteiger partial charge in [-0.2, -0.15) is 4.68 Å². The molecule has 1 aliphatic heterocycles. The third-order valence-corrected chi connectivity index (χ3v) is 5.57. The molecule has 1 aromatic heterocycles. The molecule has 4 rings (SSSR count). The molecule has 1 amide bonds. The van der Waals surface area contributed by atoms with E-state index < -0.39 is 10.8 Å². The lowest BCUT2D eigenvalue weighted by atomic mass is 10.1. The summed E-state index contributed by atoms with van der Waals surface area (Å²) in [6.07, 6.45) is 0. The summed E-state index contributed by atoms with van der Waals surface area (Å²) in [4.78, 5) is 27.4. The Hall–Kier alpha value is -3.57. The summed E-state index contributed by atoms with van der Waals surface area (Å²) in [5.74, 6) is 1.05. The van der Waals surface area contributed by atoms with Crippen LogP contribution < -0.4 is 4.74 Å². The van der Waals surface area contributed by atoms with E-state index in [0.717, 1.165) is 11.4 Å². The molecule has 0 saturated carbocycles. The van der Waals surface area contributed by atoms with Crippen LogP contribution >= 0.6 is 11.6 Å². The van der Waals surface area contributed by atoms with Crippen molar-refractivity contribution in [3.05, 3.63) is 69.0 Å². The van der Waals surface area contributed by atoms with E-state index in [0.29, 0.717) is 45.2 Å². The molecular formula is C21H22ClN7O4. The Balaban J connectivity index is 1.40. The van der Waals surface area contributed by atoms with Gasteiger partial charge in [-0.3, -0.25) is 19.8 Å². The summed E-state index contributed by atoms with van der Waals surface area (Å²) < 4.78 is 7.14. The number of hydrogen-bond acceptors (Lipinski definition) is 8. The minimum absolute atomic E-state index is 0.000363. The molecule has 0 spiro atoms. The number of ether oxygens (including phenoxy) is 1. The number of aromatic nitrogens is 4. The molecule has 2 aromatic carbocycles. The van der Waals surface area contributed by atoms with Gasteiger partial charge in [0.05, 0.1) is 23.8 Å². The van der Waals surface area contributed by atoms with Gasteiger partial charge in [-0.1, -0.05) is 11.6 Å². The molecule has 1 saturated heterocycles. The molecule has 1 fully saturated rings.